The van der Waals surface area contributed by atoms with Crippen molar-refractivity contribution in [3.63, 3.8) is 0 Å². The number of aliphatic hydroxyl groups excluding tert-OH is 1. The molecule has 1 aromatic carbocycles. The minimum absolute atomic E-state index is 0.114. The van der Waals surface area contributed by atoms with E-state index in [2.05, 4.69) is 19.8 Å². The summed E-state index contributed by atoms with van der Waals surface area (Å²) >= 11 is 0. The maximum Gasteiger partial charge on any atom is 0.325 e. The van der Waals surface area contributed by atoms with E-state index in [4.69, 9.17) is 9.72 Å². The fraction of sp³-hybridized carbons (Fsp3) is 0.519. The number of likely N-dealkylation sites (N-methyl/N-ethyl adjacent to an activating group) is 1. The van der Waals surface area contributed by atoms with Crippen LogP contribution in [0.15, 0.2) is 35.3 Å². The quantitative estimate of drug-likeness (QED) is 0.369. The lowest BCUT2D eigenvalue weighted by molar-refractivity contribution is -0.151. The van der Waals surface area contributed by atoms with Gasteiger partial charge in [-0.15, -0.1) is 0 Å². The van der Waals surface area contributed by atoms with E-state index in [0.29, 0.717) is 12.1 Å². The number of H-pyrrole nitrogens is 1. The summed E-state index contributed by atoms with van der Waals surface area (Å²) in [6, 6.07) is 7.01. The highest BCUT2D eigenvalue weighted by Gasteiger charge is 2.26. The summed E-state index contributed by atoms with van der Waals surface area (Å²) in [7, 11) is 4.05. The maximum absolute atomic E-state index is 12.6. The minimum atomic E-state index is -0.901. The number of nitrogens with zero attached hydrogens (tertiary/aromatic N) is 3. The molecule has 9 heteroatoms. The number of aromatic nitrogens is 3. The van der Waals surface area contributed by atoms with Gasteiger partial charge in [-0.1, -0.05) is 26.8 Å². The monoisotopic (exact) mass is 497 g/mol. The lowest BCUT2D eigenvalue weighted by Gasteiger charge is -2.23. The number of esters is 1. The Kier molecular flexibility index (Phi) is 8.71. The first-order valence-corrected chi connectivity index (χ1v) is 12.3. The number of hydrogen-bond acceptors (Lipinski definition) is 7. The average molecular weight is 498 g/mol. The molecule has 0 aliphatic rings. The van der Waals surface area contributed by atoms with Gasteiger partial charge in [0.15, 0.2) is 0 Å². The number of aliphatic hydroxyl groups is 1. The normalized spacial score (nSPS) is 13.8. The fourth-order valence-electron chi connectivity index (χ4n) is 3.81. The van der Waals surface area contributed by atoms with Crippen LogP contribution in [-0.4, -0.2) is 69.9 Å². The van der Waals surface area contributed by atoms with Gasteiger partial charge in [0.1, 0.15) is 11.9 Å². The predicted molar refractivity (Wildman–Crippen MR) is 142 cm³/mol. The molecule has 3 aromatic rings. The van der Waals surface area contributed by atoms with Crippen molar-refractivity contribution < 1.29 is 14.6 Å². The Labute approximate surface area is 212 Å². The SMILES string of the molecule is Cc1cc(-c2nc3cc(CNC(C(=O)OCC(C)(C)C)C(C)O)ccc3n2CCN(C)C)c[nH]c1=O. The average Bonchev–Trinajstić information content (AvgIpc) is 3.15. The topological polar surface area (TPSA) is 112 Å². The third-order valence-electron chi connectivity index (χ3n) is 5.84. The van der Waals surface area contributed by atoms with Gasteiger partial charge in [0.25, 0.3) is 5.56 Å². The van der Waals surface area contributed by atoms with Crippen molar-refractivity contribution in [3.05, 3.63) is 51.9 Å². The van der Waals surface area contributed by atoms with Crippen molar-refractivity contribution in [2.75, 3.05) is 27.2 Å². The number of aryl methyl sites for hydroxylation is 1. The summed E-state index contributed by atoms with van der Waals surface area (Å²) < 4.78 is 7.57. The zero-order chi connectivity index (χ0) is 26.6. The van der Waals surface area contributed by atoms with Crippen molar-refractivity contribution in [1.82, 2.24) is 24.8 Å². The number of nitrogens with one attached hydrogen (secondary N) is 2. The molecule has 2 unspecified atom stereocenters. The van der Waals surface area contributed by atoms with E-state index in [-0.39, 0.29) is 17.6 Å². The Morgan fingerprint density at radius 2 is 2.00 bits per heavy atom. The molecule has 0 bridgehead atoms. The number of ether oxygens (including phenoxy) is 1. The summed E-state index contributed by atoms with van der Waals surface area (Å²) in [5, 5.41) is 13.3. The Balaban J connectivity index is 1.87. The predicted octanol–water partition coefficient (Wildman–Crippen LogP) is 2.69. The molecule has 2 aromatic heterocycles. The molecule has 0 fully saturated rings. The molecule has 0 saturated heterocycles. The van der Waals surface area contributed by atoms with Crippen molar-refractivity contribution in [2.45, 2.75) is 59.9 Å². The van der Waals surface area contributed by atoms with Crippen LogP contribution in [0.25, 0.3) is 22.4 Å². The first-order valence-electron chi connectivity index (χ1n) is 12.3. The smallest absolute Gasteiger partial charge is 0.325 e. The number of rotatable bonds is 10. The molecule has 0 radical (unpaired) electrons. The van der Waals surface area contributed by atoms with Crippen LogP contribution in [0.3, 0.4) is 0 Å². The van der Waals surface area contributed by atoms with Crippen LogP contribution in [0, 0.1) is 12.3 Å². The lowest BCUT2D eigenvalue weighted by atomic mass is 9.98. The molecule has 9 nitrogen and oxygen atoms in total. The second kappa shape index (κ2) is 11.4. The second-order valence-corrected chi connectivity index (χ2v) is 10.9. The van der Waals surface area contributed by atoms with Crippen LogP contribution in [-0.2, 0) is 22.6 Å². The van der Waals surface area contributed by atoms with Crippen molar-refractivity contribution in [3.8, 4) is 11.4 Å². The van der Waals surface area contributed by atoms with E-state index in [1.807, 2.05) is 59.1 Å². The van der Waals surface area contributed by atoms with Crippen LogP contribution in [0.2, 0.25) is 0 Å². The first-order chi connectivity index (χ1) is 16.9. The van der Waals surface area contributed by atoms with E-state index in [1.165, 1.54) is 0 Å². The molecule has 0 aliphatic heterocycles. The summed E-state index contributed by atoms with van der Waals surface area (Å²) in [5.74, 6) is 0.314. The zero-order valence-electron chi connectivity index (χ0n) is 22.4. The summed E-state index contributed by atoms with van der Waals surface area (Å²) in [4.78, 5) is 34.2. The highest BCUT2D eigenvalue weighted by atomic mass is 16.5. The van der Waals surface area contributed by atoms with Crippen molar-refractivity contribution in [1.29, 1.82) is 0 Å². The molecule has 3 N–H and O–H groups in total. The number of pyridine rings is 1. The van der Waals surface area contributed by atoms with Crippen LogP contribution in [0.1, 0.15) is 38.8 Å². The molecule has 0 aliphatic carbocycles. The lowest BCUT2D eigenvalue weighted by Crippen LogP contribution is -2.46. The molecule has 0 amide bonds. The maximum atomic E-state index is 12.6. The van der Waals surface area contributed by atoms with E-state index in [1.54, 1.807) is 20.0 Å². The van der Waals surface area contributed by atoms with Gasteiger partial charge < -0.3 is 24.3 Å². The van der Waals surface area contributed by atoms with E-state index >= 15 is 0 Å². The molecule has 0 saturated carbocycles. The Morgan fingerprint density at radius 1 is 1.28 bits per heavy atom. The number of carbonyl (C=O) groups is 1. The van der Waals surface area contributed by atoms with Crippen LogP contribution in [0.5, 0.6) is 0 Å². The fourth-order valence-corrected chi connectivity index (χ4v) is 3.81. The van der Waals surface area contributed by atoms with Gasteiger partial charge in [0.2, 0.25) is 0 Å². The van der Waals surface area contributed by atoms with E-state index in [9.17, 15) is 14.7 Å². The van der Waals surface area contributed by atoms with Gasteiger partial charge in [-0.25, -0.2) is 4.98 Å². The number of fused-ring (bicyclic) bond motifs is 1. The van der Waals surface area contributed by atoms with E-state index < -0.39 is 18.1 Å². The van der Waals surface area contributed by atoms with Gasteiger partial charge in [0, 0.05) is 37.0 Å². The Morgan fingerprint density at radius 3 is 2.61 bits per heavy atom. The molecule has 196 valence electrons. The molecular weight excluding hydrogens is 458 g/mol. The summed E-state index contributed by atoms with van der Waals surface area (Å²) in [6.45, 7) is 11.5. The third-order valence-corrected chi connectivity index (χ3v) is 5.84. The van der Waals surface area contributed by atoms with Crippen LogP contribution in [0.4, 0.5) is 0 Å². The molecule has 2 atom stereocenters. The summed E-state index contributed by atoms with van der Waals surface area (Å²) in [6.07, 6.45) is 0.795. The van der Waals surface area contributed by atoms with E-state index in [0.717, 1.165) is 41.1 Å². The molecule has 0 spiro atoms. The van der Waals surface area contributed by atoms with Gasteiger partial charge in [-0.3, -0.25) is 14.9 Å². The van der Waals surface area contributed by atoms with Gasteiger partial charge in [-0.05, 0) is 57.1 Å². The number of imidazole rings is 1. The number of carbonyl (C=O) groups excluding carboxylic acids is 1. The molecule has 36 heavy (non-hydrogen) atoms. The first kappa shape index (κ1) is 27.6. The minimum Gasteiger partial charge on any atom is -0.464 e. The highest BCUT2D eigenvalue weighted by Crippen LogP contribution is 2.25. The Bertz CT molecular complexity index is 1250. The number of aromatic amines is 1. The zero-order valence-corrected chi connectivity index (χ0v) is 22.4. The summed E-state index contributed by atoms with van der Waals surface area (Å²) in [5.41, 5.74) is 3.93. The van der Waals surface area contributed by atoms with Crippen molar-refractivity contribution >= 4 is 17.0 Å². The molecule has 2 heterocycles. The Hall–Kier alpha value is -3.01. The standard InChI is InChI=1S/C27H39N5O4/c1-17-12-20(15-29-25(17)34)24-30-21-13-19(8-9-22(21)32(24)11-10-31(6)7)14-28-23(18(2)33)26(35)36-16-27(3,4)5/h8-9,12-13,15,18,23,28,33H,10-11,14,16H2,1-7H3,(H,29,34). The van der Waals surface area contributed by atoms with Crippen molar-refractivity contribution in [2.24, 2.45) is 5.41 Å². The number of hydrogen-bond donors (Lipinski definition) is 3. The molecular formula is C27H39N5O4. The number of benzene rings is 1. The molecule has 3 rings (SSSR count). The van der Waals surface area contributed by atoms with Gasteiger partial charge in [-0.2, -0.15) is 0 Å². The largest absolute Gasteiger partial charge is 0.464 e. The second-order valence-electron chi connectivity index (χ2n) is 10.9. The van der Waals surface area contributed by atoms with Gasteiger partial charge >= 0.3 is 5.97 Å². The van der Waals surface area contributed by atoms with Gasteiger partial charge in [0.05, 0.1) is 23.7 Å². The highest BCUT2D eigenvalue weighted by molar-refractivity contribution is 5.81. The third kappa shape index (κ3) is 7.02. The van der Waals surface area contributed by atoms with Crippen LogP contribution < -0.4 is 10.9 Å². The van der Waals surface area contributed by atoms with Crippen LogP contribution >= 0.6 is 0 Å².